The van der Waals surface area contributed by atoms with E-state index in [1.54, 1.807) is 0 Å². The second-order valence-electron chi connectivity index (χ2n) is 5.15. The van der Waals surface area contributed by atoms with Crippen LogP contribution in [0.4, 0.5) is 0 Å². The molecule has 0 saturated carbocycles. The number of hydrogen-bond acceptors (Lipinski definition) is 6. The summed E-state index contributed by atoms with van der Waals surface area (Å²) in [5, 5.41) is 17.9. The molecule has 0 aromatic heterocycles. The molecule has 0 aliphatic heterocycles. The maximum absolute atomic E-state index is 11.0. The standard InChI is InChI=1S/C12H24N2O4S2/c13-11(7-19,9(15)16)5-3-1-2-4-6-12(14,8-20)10(17)18/h19-20H,1-8,13-14H2,(H,15,16)(H,17,18). The quantitative estimate of drug-likeness (QED) is 0.246. The molecule has 6 nitrogen and oxygen atoms in total. The van der Waals surface area contributed by atoms with Gasteiger partial charge in [-0.1, -0.05) is 25.7 Å². The van der Waals surface area contributed by atoms with Crippen LogP contribution in [0.25, 0.3) is 0 Å². The highest BCUT2D eigenvalue weighted by atomic mass is 32.1. The van der Waals surface area contributed by atoms with Gasteiger partial charge in [-0.2, -0.15) is 25.3 Å². The van der Waals surface area contributed by atoms with Gasteiger partial charge in [-0.15, -0.1) is 0 Å². The predicted molar refractivity (Wildman–Crippen MR) is 84.5 cm³/mol. The van der Waals surface area contributed by atoms with Crippen molar-refractivity contribution in [3.63, 3.8) is 0 Å². The van der Waals surface area contributed by atoms with Gasteiger partial charge in [0.1, 0.15) is 11.1 Å². The maximum Gasteiger partial charge on any atom is 0.324 e. The molecule has 0 bridgehead atoms. The van der Waals surface area contributed by atoms with Crippen LogP contribution >= 0.6 is 25.3 Å². The van der Waals surface area contributed by atoms with Crippen molar-refractivity contribution >= 4 is 37.2 Å². The number of carboxylic acids is 2. The summed E-state index contributed by atoms with van der Waals surface area (Å²) in [6, 6.07) is 0. The van der Waals surface area contributed by atoms with Gasteiger partial charge >= 0.3 is 11.9 Å². The second kappa shape index (κ2) is 8.76. The lowest BCUT2D eigenvalue weighted by Crippen LogP contribution is -2.50. The molecule has 0 fully saturated rings. The largest absolute Gasteiger partial charge is 0.480 e. The molecule has 0 rings (SSSR count). The summed E-state index contributed by atoms with van der Waals surface area (Å²) in [5.74, 6) is -1.91. The Kier molecular flexibility index (Phi) is 8.57. The zero-order chi connectivity index (χ0) is 15.8. The summed E-state index contributed by atoms with van der Waals surface area (Å²) in [5.41, 5.74) is 8.83. The number of unbranched alkanes of at least 4 members (excludes halogenated alkanes) is 3. The van der Waals surface area contributed by atoms with E-state index in [2.05, 4.69) is 25.3 Å². The fraction of sp³-hybridized carbons (Fsp3) is 0.833. The molecule has 2 atom stereocenters. The Morgan fingerprint density at radius 2 is 1.10 bits per heavy atom. The van der Waals surface area contributed by atoms with Crippen LogP contribution in [0.2, 0.25) is 0 Å². The normalized spacial score (nSPS) is 17.2. The zero-order valence-corrected chi connectivity index (χ0v) is 13.2. The molecule has 0 saturated heterocycles. The molecule has 0 aromatic carbocycles. The molecule has 0 aliphatic rings. The van der Waals surface area contributed by atoms with Crippen LogP contribution in [0.5, 0.6) is 0 Å². The van der Waals surface area contributed by atoms with Gasteiger partial charge < -0.3 is 21.7 Å². The Morgan fingerprint density at radius 3 is 1.30 bits per heavy atom. The third kappa shape index (κ3) is 5.90. The van der Waals surface area contributed by atoms with Crippen LogP contribution in [-0.2, 0) is 9.59 Å². The minimum Gasteiger partial charge on any atom is -0.480 e. The molecule has 0 radical (unpaired) electrons. The highest BCUT2D eigenvalue weighted by molar-refractivity contribution is 7.80. The van der Waals surface area contributed by atoms with Crippen LogP contribution in [0, 0.1) is 0 Å². The fourth-order valence-electron chi connectivity index (χ4n) is 1.74. The minimum atomic E-state index is -1.28. The summed E-state index contributed by atoms with van der Waals surface area (Å²) >= 11 is 7.92. The zero-order valence-electron chi connectivity index (χ0n) is 11.4. The number of nitrogens with two attached hydrogens (primary N) is 2. The van der Waals surface area contributed by atoms with Gasteiger partial charge in [0.05, 0.1) is 0 Å². The van der Waals surface area contributed by atoms with Crippen molar-refractivity contribution in [3.05, 3.63) is 0 Å². The average molecular weight is 324 g/mol. The SMILES string of the molecule is NC(CS)(CCCCCCC(N)(CS)C(=O)O)C(=O)O. The Labute approximate surface area is 130 Å². The van der Waals surface area contributed by atoms with Crippen LogP contribution in [0.1, 0.15) is 38.5 Å². The third-order valence-electron chi connectivity index (χ3n) is 3.41. The van der Waals surface area contributed by atoms with E-state index < -0.39 is 23.0 Å². The van der Waals surface area contributed by atoms with Crippen LogP contribution in [-0.4, -0.2) is 44.7 Å². The number of carbonyl (C=O) groups is 2. The van der Waals surface area contributed by atoms with Gasteiger partial charge in [0.25, 0.3) is 0 Å². The maximum atomic E-state index is 11.0. The average Bonchev–Trinajstić information content (AvgIpc) is 2.41. The molecule has 0 aromatic rings. The Balaban J connectivity index is 3.94. The Hall–Kier alpha value is -0.440. The van der Waals surface area contributed by atoms with Gasteiger partial charge in [0.2, 0.25) is 0 Å². The molecular weight excluding hydrogens is 300 g/mol. The summed E-state index contributed by atoms with van der Waals surface area (Å²) in [6.07, 6.45) is 3.59. The van der Waals surface area contributed by atoms with Crippen molar-refractivity contribution < 1.29 is 19.8 Å². The van der Waals surface area contributed by atoms with E-state index in [9.17, 15) is 9.59 Å². The lowest BCUT2D eigenvalue weighted by molar-refractivity contribution is -0.143. The number of aliphatic carboxylic acids is 2. The van der Waals surface area contributed by atoms with Gasteiger partial charge in [-0.05, 0) is 12.8 Å². The highest BCUT2D eigenvalue weighted by Gasteiger charge is 2.32. The Morgan fingerprint density at radius 1 is 0.800 bits per heavy atom. The smallest absolute Gasteiger partial charge is 0.324 e. The predicted octanol–water partition coefficient (Wildman–Crippen LogP) is 0.751. The summed E-state index contributed by atoms with van der Waals surface area (Å²) in [6.45, 7) is 0. The van der Waals surface area contributed by atoms with Crippen LogP contribution in [0.3, 0.4) is 0 Å². The van der Waals surface area contributed by atoms with E-state index in [1.807, 2.05) is 0 Å². The Bertz CT molecular complexity index is 311. The minimum absolute atomic E-state index is 0.0902. The molecule has 0 spiro atoms. The van der Waals surface area contributed by atoms with Crippen molar-refractivity contribution in [2.45, 2.75) is 49.6 Å². The van der Waals surface area contributed by atoms with Crippen molar-refractivity contribution in [2.75, 3.05) is 11.5 Å². The van der Waals surface area contributed by atoms with E-state index >= 15 is 0 Å². The first kappa shape index (κ1) is 19.6. The monoisotopic (exact) mass is 324 g/mol. The van der Waals surface area contributed by atoms with E-state index in [1.165, 1.54) is 0 Å². The van der Waals surface area contributed by atoms with Gasteiger partial charge in [0, 0.05) is 11.5 Å². The molecule has 20 heavy (non-hydrogen) atoms. The molecule has 0 heterocycles. The summed E-state index contributed by atoms with van der Waals surface area (Å²) in [4.78, 5) is 21.9. The molecule has 8 heteroatoms. The molecule has 2 unspecified atom stereocenters. The molecule has 6 N–H and O–H groups in total. The molecule has 118 valence electrons. The van der Waals surface area contributed by atoms with Gasteiger partial charge in [-0.3, -0.25) is 9.59 Å². The topological polar surface area (TPSA) is 127 Å². The lowest BCUT2D eigenvalue weighted by Gasteiger charge is -2.23. The van der Waals surface area contributed by atoms with E-state index in [-0.39, 0.29) is 11.5 Å². The van der Waals surface area contributed by atoms with E-state index in [4.69, 9.17) is 21.7 Å². The summed E-state index contributed by atoms with van der Waals surface area (Å²) in [7, 11) is 0. The molecule has 0 aliphatic carbocycles. The lowest BCUT2D eigenvalue weighted by atomic mass is 9.92. The number of rotatable bonds is 11. The number of hydrogen-bond donors (Lipinski definition) is 6. The van der Waals surface area contributed by atoms with Crippen molar-refractivity contribution in [3.8, 4) is 0 Å². The van der Waals surface area contributed by atoms with Gasteiger partial charge in [0.15, 0.2) is 0 Å². The summed E-state index contributed by atoms with van der Waals surface area (Å²) < 4.78 is 0. The molecular formula is C12H24N2O4S2. The van der Waals surface area contributed by atoms with Crippen LogP contribution < -0.4 is 11.5 Å². The van der Waals surface area contributed by atoms with Crippen molar-refractivity contribution in [1.29, 1.82) is 0 Å². The molecule has 0 amide bonds. The van der Waals surface area contributed by atoms with Crippen molar-refractivity contribution in [1.82, 2.24) is 0 Å². The highest BCUT2D eigenvalue weighted by Crippen LogP contribution is 2.18. The van der Waals surface area contributed by atoms with Gasteiger partial charge in [-0.25, -0.2) is 0 Å². The number of carboxylic acid groups (broad SMARTS) is 2. The second-order valence-corrected chi connectivity index (χ2v) is 5.79. The van der Waals surface area contributed by atoms with Crippen molar-refractivity contribution in [2.24, 2.45) is 11.5 Å². The first-order valence-electron chi connectivity index (χ1n) is 6.48. The van der Waals surface area contributed by atoms with E-state index in [0.717, 1.165) is 12.8 Å². The van der Waals surface area contributed by atoms with E-state index in [0.29, 0.717) is 25.7 Å². The first-order valence-corrected chi connectivity index (χ1v) is 7.74. The fourth-order valence-corrected chi connectivity index (χ4v) is 2.33. The third-order valence-corrected chi connectivity index (χ3v) is 4.54. The first-order chi connectivity index (χ1) is 9.22. The number of thiol groups is 2. The van der Waals surface area contributed by atoms with Crippen LogP contribution in [0.15, 0.2) is 0 Å².